The second-order valence-electron chi connectivity index (χ2n) is 4.66. The summed E-state index contributed by atoms with van der Waals surface area (Å²) < 4.78 is 9.45. The minimum atomic E-state index is 0.585. The zero-order chi connectivity index (χ0) is 15.0. The van der Waals surface area contributed by atoms with Gasteiger partial charge in [-0.1, -0.05) is 0 Å². The van der Waals surface area contributed by atoms with Crippen LogP contribution in [0.15, 0.2) is 30.5 Å². The first-order valence-corrected chi connectivity index (χ1v) is 6.83. The van der Waals surface area contributed by atoms with Crippen LogP contribution in [0.5, 0.6) is 5.75 Å². The molecule has 0 atom stereocenters. The number of nitrogens with one attached hydrogen (secondary N) is 1. The number of aromatic amines is 1. The number of ether oxygens (including phenoxy) is 1. The van der Waals surface area contributed by atoms with E-state index in [2.05, 4.69) is 15.3 Å². The van der Waals surface area contributed by atoms with Gasteiger partial charge in [-0.05, 0) is 43.4 Å². The summed E-state index contributed by atoms with van der Waals surface area (Å²) >= 11 is 5.15. The van der Waals surface area contributed by atoms with Crippen molar-refractivity contribution in [3.63, 3.8) is 0 Å². The van der Waals surface area contributed by atoms with Gasteiger partial charge in [0.25, 0.3) is 0 Å². The summed E-state index contributed by atoms with van der Waals surface area (Å²) in [6.07, 6.45) is 1.80. The number of hydrogen-bond acceptors (Lipinski definition) is 4. The van der Waals surface area contributed by atoms with Crippen molar-refractivity contribution in [1.29, 1.82) is 0 Å². The predicted molar refractivity (Wildman–Crippen MR) is 82.2 cm³/mol. The van der Waals surface area contributed by atoms with E-state index in [1.807, 2.05) is 47.5 Å². The smallest absolute Gasteiger partial charge is 0.195 e. The molecular formula is C14H15N5OS. The molecule has 0 bridgehead atoms. The van der Waals surface area contributed by atoms with Crippen LogP contribution in [0.1, 0.15) is 5.69 Å². The van der Waals surface area contributed by atoms with Gasteiger partial charge >= 0.3 is 0 Å². The van der Waals surface area contributed by atoms with Crippen molar-refractivity contribution in [2.45, 2.75) is 6.92 Å². The lowest BCUT2D eigenvalue weighted by molar-refractivity contribution is 0.414. The highest BCUT2D eigenvalue weighted by Gasteiger charge is 2.14. The molecule has 108 valence electrons. The Hall–Kier alpha value is -2.41. The van der Waals surface area contributed by atoms with Gasteiger partial charge in [-0.15, -0.1) is 0 Å². The van der Waals surface area contributed by atoms with E-state index in [1.165, 1.54) is 0 Å². The molecule has 0 spiro atoms. The molecule has 2 heterocycles. The maximum absolute atomic E-state index is 5.17. The van der Waals surface area contributed by atoms with Gasteiger partial charge in [0.1, 0.15) is 5.75 Å². The van der Waals surface area contributed by atoms with Gasteiger partial charge in [-0.3, -0.25) is 5.10 Å². The van der Waals surface area contributed by atoms with Crippen molar-refractivity contribution in [3.05, 3.63) is 40.9 Å². The fourth-order valence-electron chi connectivity index (χ4n) is 2.20. The Morgan fingerprint density at radius 2 is 1.95 bits per heavy atom. The largest absolute Gasteiger partial charge is 0.497 e. The van der Waals surface area contributed by atoms with Crippen LogP contribution in [0, 0.1) is 11.7 Å². The molecule has 1 aromatic carbocycles. The maximum atomic E-state index is 5.17. The molecule has 0 unspecified atom stereocenters. The third-order valence-corrected chi connectivity index (χ3v) is 3.81. The zero-order valence-electron chi connectivity index (χ0n) is 12.0. The SMILES string of the molecule is COc1ccc(-n2ncc(-c3n[nH]c(=S)n3C)c2C)cc1. The van der Waals surface area contributed by atoms with E-state index in [0.717, 1.165) is 28.5 Å². The van der Waals surface area contributed by atoms with E-state index in [1.54, 1.807) is 13.3 Å². The van der Waals surface area contributed by atoms with E-state index in [-0.39, 0.29) is 0 Å². The van der Waals surface area contributed by atoms with Crippen LogP contribution < -0.4 is 4.74 Å². The summed E-state index contributed by atoms with van der Waals surface area (Å²) in [7, 11) is 3.53. The molecule has 0 amide bonds. The minimum absolute atomic E-state index is 0.585. The first-order valence-electron chi connectivity index (χ1n) is 6.42. The molecule has 3 aromatic rings. The number of nitrogens with zero attached hydrogens (tertiary/aromatic N) is 4. The average Bonchev–Trinajstić information content (AvgIpc) is 3.03. The number of H-pyrrole nitrogens is 1. The van der Waals surface area contributed by atoms with Gasteiger partial charge in [0.15, 0.2) is 10.6 Å². The zero-order valence-corrected chi connectivity index (χ0v) is 12.8. The van der Waals surface area contributed by atoms with Gasteiger partial charge in [0.2, 0.25) is 0 Å². The van der Waals surface area contributed by atoms with Crippen LogP contribution in [0.3, 0.4) is 0 Å². The van der Waals surface area contributed by atoms with E-state index in [0.29, 0.717) is 4.77 Å². The molecule has 0 aliphatic heterocycles. The molecule has 0 aliphatic carbocycles. The molecule has 2 aromatic heterocycles. The second-order valence-corrected chi connectivity index (χ2v) is 5.05. The lowest BCUT2D eigenvalue weighted by Crippen LogP contribution is -2.00. The molecule has 21 heavy (non-hydrogen) atoms. The minimum Gasteiger partial charge on any atom is -0.497 e. The van der Waals surface area contributed by atoms with Crippen molar-refractivity contribution in [2.24, 2.45) is 7.05 Å². The van der Waals surface area contributed by atoms with E-state index in [9.17, 15) is 0 Å². The lowest BCUT2D eigenvalue weighted by Gasteiger charge is -2.06. The first kappa shape index (κ1) is 13.6. The summed E-state index contributed by atoms with van der Waals surface area (Å²) in [4.78, 5) is 0. The maximum Gasteiger partial charge on any atom is 0.195 e. The fraction of sp³-hybridized carbons (Fsp3) is 0.214. The van der Waals surface area contributed by atoms with E-state index < -0.39 is 0 Å². The topological polar surface area (TPSA) is 60.7 Å². The number of hydrogen-bond donors (Lipinski definition) is 1. The third-order valence-electron chi connectivity index (χ3n) is 3.45. The van der Waals surface area contributed by atoms with Crippen molar-refractivity contribution in [3.8, 4) is 22.8 Å². The van der Waals surface area contributed by atoms with Crippen LogP contribution in [0.2, 0.25) is 0 Å². The highest BCUT2D eigenvalue weighted by Crippen LogP contribution is 2.24. The van der Waals surface area contributed by atoms with E-state index in [4.69, 9.17) is 17.0 Å². The molecule has 0 radical (unpaired) electrons. The Kier molecular flexibility index (Phi) is 3.34. The molecule has 0 fully saturated rings. The van der Waals surface area contributed by atoms with Gasteiger partial charge in [0, 0.05) is 7.05 Å². The van der Waals surface area contributed by atoms with Gasteiger partial charge in [-0.25, -0.2) is 4.68 Å². The van der Waals surface area contributed by atoms with Crippen molar-refractivity contribution in [2.75, 3.05) is 7.11 Å². The highest BCUT2D eigenvalue weighted by molar-refractivity contribution is 7.71. The summed E-state index contributed by atoms with van der Waals surface area (Å²) in [5.41, 5.74) is 2.91. The monoisotopic (exact) mass is 301 g/mol. The number of aromatic nitrogens is 5. The number of rotatable bonds is 3. The van der Waals surface area contributed by atoms with Crippen molar-refractivity contribution >= 4 is 12.2 Å². The van der Waals surface area contributed by atoms with Gasteiger partial charge < -0.3 is 9.30 Å². The quantitative estimate of drug-likeness (QED) is 0.756. The molecule has 0 saturated carbocycles. The lowest BCUT2D eigenvalue weighted by atomic mass is 10.2. The molecule has 0 aliphatic rings. The second kappa shape index (κ2) is 5.17. The first-order chi connectivity index (χ1) is 10.1. The molecule has 3 rings (SSSR count). The van der Waals surface area contributed by atoms with Crippen molar-refractivity contribution in [1.82, 2.24) is 24.5 Å². The normalized spacial score (nSPS) is 10.8. The van der Waals surface area contributed by atoms with Crippen molar-refractivity contribution < 1.29 is 4.74 Å². The van der Waals surface area contributed by atoms with E-state index >= 15 is 0 Å². The van der Waals surface area contributed by atoms with Gasteiger partial charge in [-0.2, -0.15) is 10.2 Å². The Labute approximate surface area is 127 Å². The molecule has 6 nitrogen and oxygen atoms in total. The van der Waals surface area contributed by atoms with Crippen LogP contribution in [-0.4, -0.2) is 31.7 Å². The average molecular weight is 301 g/mol. The summed E-state index contributed by atoms with van der Waals surface area (Å²) in [6, 6.07) is 7.75. The van der Waals surface area contributed by atoms with Gasteiger partial charge in [0.05, 0.1) is 30.3 Å². The third kappa shape index (κ3) is 2.25. The molecule has 7 heteroatoms. The predicted octanol–water partition coefficient (Wildman–Crippen LogP) is 2.65. The molecule has 0 saturated heterocycles. The Balaban J connectivity index is 2.06. The summed E-state index contributed by atoms with van der Waals surface area (Å²) in [5, 5.41) is 11.5. The summed E-state index contributed by atoms with van der Waals surface area (Å²) in [6.45, 7) is 2.00. The molecular weight excluding hydrogens is 286 g/mol. The van der Waals surface area contributed by atoms with Crippen LogP contribution in [0.4, 0.5) is 0 Å². The Morgan fingerprint density at radius 1 is 1.24 bits per heavy atom. The van der Waals surface area contributed by atoms with Crippen LogP contribution in [-0.2, 0) is 7.05 Å². The Morgan fingerprint density at radius 3 is 2.52 bits per heavy atom. The highest BCUT2D eigenvalue weighted by atomic mass is 32.1. The standard InChI is InChI=1S/C14H15N5OS/c1-9-12(13-16-17-14(21)18(13)2)8-15-19(9)10-4-6-11(20-3)7-5-10/h4-8H,1-3H3,(H,17,21). The summed E-state index contributed by atoms with van der Waals surface area (Å²) in [5.74, 6) is 1.59. The Bertz CT molecular complexity index is 828. The number of methoxy groups -OCH3 is 1. The number of benzene rings is 1. The fourth-order valence-corrected chi connectivity index (χ4v) is 2.33. The van der Waals surface area contributed by atoms with Crippen LogP contribution >= 0.6 is 12.2 Å². The molecule has 1 N–H and O–H groups in total. The van der Waals surface area contributed by atoms with Crippen LogP contribution in [0.25, 0.3) is 17.1 Å².